The highest BCUT2D eigenvalue weighted by Gasteiger charge is 2.23. The van der Waals surface area contributed by atoms with E-state index in [2.05, 4.69) is 44.8 Å². The van der Waals surface area contributed by atoms with Gasteiger partial charge in [0, 0.05) is 31.7 Å². The normalized spacial score (nSPS) is 15.9. The predicted molar refractivity (Wildman–Crippen MR) is 124 cm³/mol. The zero-order chi connectivity index (χ0) is 22.3. The second-order valence-electron chi connectivity index (χ2n) is 7.95. The molecule has 7 nitrogen and oxygen atoms in total. The SMILES string of the molecule is COc1cc(C)ccc1Oc1ccc(NC(=O)NC2CCN(Cc3ccccc3)C2)cn1. The number of ether oxygens (including phenoxy) is 2. The molecule has 32 heavy (non-hydrogen) atoms. The molecular formula is C25H28N4O3. The van der Waals surface area contributed by atoms with E-state index in [1.807, 2.05) is 31.2 Å². The van der Waals surface area contributed by atoms with Gasteiger partial charge in [0.2, 0.25) is 5.88 Å². The molecule has 2 heterocycles. The molecule has 1 unspecified atom stereocenters. The smallest absolute Gasteiger partial charge is 0.319 e. The minimum Gasteiger partial charge on any atom is -0.493 e. The lowest BCUT2D eigenvalue weighted by Crippen LogP contribution is -2.39. The van der Waals surface area contributed by atoms with Gasteiger partial charge in [-0.05, 0) is 42.7 Å². The first-order valence-corrected chi connectivity index (χ1v) is 10.7. The van der Waals surface area contributed by atoms with Crippen LogP contribution in [0.25, 0.3) is 0 Å². The fourth-order valence-corrected chi connectivity index (χ4v) is 3.77. The van der Waals surface area contributed by atoms with E-state index in [1.165, 1.54) is 5.56 Å². The average molecular weight is 433 g/mol. The molecule has 2 aromatic carbocycles. The average Bonchev–Trinajstić information content (AvgIpc) is 3.23. The standard InChI is InChI=1S/C25H28N4O3/c1-18-8-10-22(23(14-18)31-2)32-24-11-9-20(15-26-24)27-25(30)28-21-12-13-29(17-21)16-19-6-4-3-5-7-19/h3-11,14-15,21H,12-13,16-17H2,1-2H3,(H2,27,28,30). The number of likely N-dealkylation sites (tertiary alicyclic amines) is 1. The minimum atomic E-state index is -0.229. The number of methoxy groups -OCH3 is 1. The quantitative estimate of drug-likeness (QED) is 0.571. The van der Waals surface area contributed by atoms with Crippen LogP contribution >= 0.6 is 0 Å². The molecule has 1 atom stereocenters. The third kappa shape index (κ3) is 5.76. The van der Waals surface area contributed by atoms with E-state index in [4.69, 9.17) is 9.47 Å². The van der Waals surface area contributed by atoms with Crippen LogP contribution in [0.15, 0.2) is 66.9 Å². The van der Waals surface area contributed by atoms with Gasteiger partial charge >= 0.3 is 6.03 Å². The number of aromatic nitrogens is 1. The Morgan fingerprint density at radius 1 is 1.12 bits per heavy atom. The van der Waals surface area contributed by atoms with Crippen molar-refractivity contribution in [2.45, 2.75) is 25.9 Å². The van der Waals surface area contributed by atoms with Crippen LogP contribution in [0.3, 0.4) is 0 Å². The summed E-state index contributed by atoms with van der Waals surface area (Å²) in [6, 6.07) is 19.5. The Balaban J connectivity index is 1.26. The zero-order valence-electron chi connectivity index (χ0n) is 18.4. The van der Waals surface area contributed by atoms with Gasteiger partial charge in [0.15, 0.2) is 11.5 Å². The maximum Gasteiger partial charge on any atom is 0.319 e. The lowest BCUT2D eigenvalue weighted by molar-refractivity contribution is 0.247. The Morgan fingerprint density at radius 3 is 2.72 bits per heavy atom. The topological polar surface area (TPSA) is 75.7 Å². The van der Waals surface area contributed by atoms with Crippen molar-refractivity contribution < 1.29 is 14.3 Å². The maximum absolute atomic E-state index is 12.4. The zero-order valence-corrected chi connectivity index (χ0v) is 18.4. The summed E-state index contributed by atoms with van der Waals surface area (Å²) in [7, 11) is 1.60. The van der Waals surface area contributed by atoms with Crippen molar-refractivity contribution in [3.63, 3.8) is 0 Å². The summed E-state index contributed by atoms with van der Waals surface area (Å²) < 4.78 is 11.2. The summed E-state index contributed by atoms with van der Waals surface area (Å²) in [5.74, 6) is 1.65. The molecule has 0 saturated carbocycles. The van der Waals surface area contributed by atoms with Gasteiger partial charge < -0.3 is 20.1 Å². The van der Waals surface area contributed by atoms with Gasteiger partial charge in [-0.3, -0.25) is 4.90 Å². The fraction of sp³-hybridized carbons (Fsp3) is 0.280. The van der Waals surface area contributed by atoms with Crippen LogP contribution in [0.1, 0.15) is 17.5 Å². The highest BCUT2D eigenvalue weighted by molar-refractivity contribution is 5.89. The Morgan fingerprint density at radius 2 is 1.97 bits per heavy atom. The highest BCUT2D eigenvalue weighted by atomic mass is 16.5. The molecule has 166 valence electrons. The van der Waals surface area contributed by atoms with Crippen molar-refractivity contribution in [3.8, 4) is 17.4 Å². The van der Waals surface area contributed by atoms with Crippen molar-refractivity contribution in [2.75, 3.05) is 25.5 Å². The summed E-state index contributed by atoms with van der Waals surface area (Å²) in [4.78, 5) is 19.1. The van der Waals surface area contributed by atoms with E-state index >= 15 is 0 Å². The molecule has 0 spiro atoms. The number of pyridine rings is 1. The largest absolute Gasteiger partial charge is 0.493 e. The molecule has 1 aromatic heterocycles. The van der Waals surface area contributed by atoms with Gasteiger partial charge in [0.25, 0.3) is 0 Å². The van der Waals surface area contributed by atoms with Gasteiger partial charge in [-0.1, -0.05) is 36.4 Å². The number of carbonyl (C=O) groups excluding carboxylic acids is 1. The molecule has 2 amide bonds. The van der Waals surface area contributed by atoms with Crippen molar-refractivity contribution in [2.24, 2.45) is 0 Å². The lowest BCUT2D eigenvalue weighted by atomic mass is 10.2. The van der Waals surface area contributed by atoms with Crippen LogP contribution in [-0.4, -0.2) is 42.2 Å². The predicted octanol–water partition coefficient (Wildman–Crippen LogP) is 4.59. The Hall–Kier alpha value is -3.58. The minimum absolute atomic E-state index is 0.128. The van der Waals surface area contributed by atoms with E-state index in [-0.39, 0.29) is 12.1 Å². The first-order valence-electron chi connectivity index (χ1n) is 10.7. The molecule has 7 heteroatoms. The van der Waals surface area contributed by atoms with Crippen LogP contribution in [0.2, 0.25) is 0 Å². The molecule has 4 rings (SSSR count). The summed E-state index contributed by atoms with van der Waals surface area (Å²) in [6.45, 7) is 4.70. The number of amides is 2. The molecule has 0 aliphatic carbocycles. The van der Waals surface area contributed by atoms with Gasteiger partial charge in [-0.15, -0.1) is 0 Å². The third-order valence-electron chi connectivity index (χ3n) is 5.38. The van der Waals surface area contributed by atoms with E-state index in [1.54, 1.807) is 25.4 Å². The van der Waals surface area contributed by atoms with Crippen molar-refractivity contribution in [3.05, 3.63) is 78.0 Å². The van der Waals surface area contributed by atoms with Gasteiger partial charge in [0.05, 0.1) is 19.0 Å². The monoisotopic (exact) mass is 432 g/mol. The van der Waals surface area contributed by atoms with Gasteiger partial charge in [-0.2, -0.15) is 0 Å². The van der Waals surface area contributed by atoms with Crippen LogP contribution in [0.4, 0.5) is 10.5 Å². The molecule has 2 N–H and O–H groups in total. The first kappa shape index (κ1) is 21.6. The van der Waals surface area contributed by atoms with Crippen molar-refractivity contribution in [1.82, 2.24) is 15.2 Å². The molecule has 1 saturated heterocycles. The maximum atomic E-state index is 12.4. The lowest BCUT2D eigenvalue weighted by Gasteiger charge is -2.17. The van der Waals surface area contributed by atoms with Crippen LogP contribution in [0.5, 0.6) is 17.4 Å². The molecule has 1 fully saturated rings. The second-order valence-corrected chi connectivity index (χ2v) is 7.95. The van der Waals surface area contributed by atoms with Crippen molar-refractivity contribution in [1.29, 1.82) is 0 Å². The van der Waals surface area contributed by atoms with Crippen LogP contribution in [-0.2, 0) is 6.54 Å². The molecular weight excluding hydrogens is 404 g/mol. The fourth-order valence-electron chi connectivity index (χ4n) is 3.77. The number of nitrogens with one attached hydrogen (secondary N) is 2. The van der Waals surface area contributed by atoms with Crippen LogP contribution < -0.4 is 20.1 Å². The Bertz CT molecular complexity index is 1040. The molecule has 3 aromatic rings. The highest BCUT2D eigenvalue weighted by Crippen LogP contribution is 2.31. The molecule has 1 aliphatic rings. The molecule has 1 aliphatic heterocycles. The number of carbonyl (C=O) groups is 1. The summed E-state index contributed by atoms with van der Waals surface area (Å²) in [5.41, 5.74) is 2.97. The van der Waals surface area contributed by atoms with Gasteiger partial charge in [-0.25, -0.2) is 9.78 Å². The second kappa shape index (κ2) is 10.2. The first-order chi connectivity index (χ1) is 15.6. The summed E-state index contributed by atoms with van der Waals surface area (Å²) in [5, 5.41) is 5.89. The Kier molecular flexibility index (Phi) is 6.87. The number of benzene rings is 2. The van der Waals surface area contributed by atoms with E-state index in [9.17, 15) is 4.79 Å². The number of rotatable bonds is 7. The van der Waals surface area contributed by atoms with Crippen LogP contribution in [0, 0.1) is 6.92 Å². The number of anilines is 1. The number of urea groups is 1. The van der Waals surface area contributed by atoms with Crippen molar-refractivity contribution >= 4 is 11.7 Å². The van der Waals surface area contributed by atoms with E-state index < -0.39 is 0 Å². The molecule has 0 bridgehead atoms. The summed E-state index contributed by atoms with van der Waals surface area (Å²) in [6.07, 6.45) is 2.51. The third-order valence-corrected chi connectivity index (χ3v) is 5.38. The van der Waals surface area contributed by atoms with E-state index in [0.29, 0.717) is 23.1 Å². The Labute approximate surface area is 188 Å². The summed E-state index contributed by atoms with van der Waals surface area (Å²) >= 11 is 0. The number of aryl methyl sites for hydroxylation is 1. The number of hydrogen-bond acceptors (Lipinski definition) is 5. The number of nitrogens with zero attached hydrogens (tertiary/aromatic N) is 2. The van der Waals surface area contributed by atoms with E-state index in [0.717, 1.165) is 31.6 Å². The molecule has 0 radical (unpaired) electrons. The van der Waals surface area contributed by atoms with Gasteiger partial charge in [0.1, 0.15) is 0 Å². The number of hydrogen-bond donors (Lipinski definition) is 2.